The summed E-state index contributed by atoms with van der Waals surface area (Å²) in [5, 5.41) is -1.08. The van der Waals surface area contributed by atoms with Gasteiger partial charge in [0.1, 0.15) is 16.9 Å². The number of carbonyl (C=O) groups is 1. The maximum absolute atomic E-state index is 13.8. The molecule has 4 aromatic rings. The van der Waals surface area contributed by atoms with Gasteiger partial charge in [0.15, 0.2) is 0 Å². The van der Waals surface area contributed by atoms with Gasteiger partial charge in [-0.1, -0.05) is 42.5 Å². The van der Waals surface area contributed by atoms with Crippen LogP contribution in [0.25, 0.3) is 11.3 Å². The molecule has 0 spiro atoms. The van der Waals surface area contributed by atoms with Crippen LogP contribution in [0.3, 0.4) is 0 Å². The van der Waals surface area contributed by atoms with Crippen molar-refractivity contribution in [2.24, 2.45) is 0 Å². The molecule has 5 rings (SSSR count). The van der Waals surface area contributed by atoms with Crippen molar-refractivity contribution in [2.45, 2.75) is 35.2 Å². The van der Waals surface area contributed by atoms with Gasteiger partial charge in [0.2, 0.25) is 26.0 Å². The number of hydrogen-bond acceptors (Lipinski definition) is 6. The van der Waals surface area contributed by atoms with Crippen LogP contribution in [0.2, 0.25) is 0 Å². The molecule has 1 aliphatic heterocycles. The molecular formula is C27H22F4N4O5S2. The molecule has 2 atom stereocenters. The van der Waals surface area contributed by atoms with Gasteiger partial charge in [-0.25, -0.2) is 30.9 Å². The summed E-state index contributed by atoms with van der Waals surface area (Å²) in [5.41, 5.74) is 0.530. The van der Waals surface area contributed by atoms with Crippen LogP contribution in [-0.2, 0) is 37.4 Å². The number of sulfonamides is 2. The predicted molar refractivity (Wildman–Crippen MR) is 143 cm³/mol. The zero-order valence-electron chi connectivity index (χ0n) is 21.4. The van der Waals surface area contributed by atoms with E-state index in [0.717, 1.165) is 18.2 Å². The Morgan fingerprint density at radius 3 is 2.38 bits per heavy atom. The summed E-state index contributed by atoms with van der Waals surface area (Å²) in [4.78, 5) is 18.2. The number of nitrogens with one attached hydrogen (secondary N) is 3. The van der Waals surface area contributed by atoms with Gasteiger partial charge in [0.25, 0.3) is 0 Å². The molecule has 0 radical (unpaired) electrons. The molecular weight excluding hydrogens is 600 g/mol. The summed E-state index contributed by atoms with van der Waals surface area (Å²) in [6, 6.07) is 13.8. The minimum absolute atomic E-state index is 0.0524. The summed E-state index contributed by atoms with van der Waals surface area (Å²) in [6.07, 6.45) is -3.69. The second-order valence-corrected chi connectivity index (χ2v) is 13.2. The van der Waals surface area contributed by atoms with Crippen molar-refractivity contribution in [3.8, 4) is 11.3 Å². The van der Waals surface area contributed by atoms with Crippen molar-refractivity contribution in [2.75, 3.05) is 0 Å². The highest BCUT2D eigenvalue weighted by Gasteiger charge is 2.38. The average molecular weight is 623 g/mol. The minimum Gasteiger partial charge on any atom is -0.341 e. The molecule has 3 N–H and O–H groups in total. The van der Waals surface area contributed by atoms with Gasteiger partial charge < -0.3 is 4.98 Å². The van der Waals surface area contributed by atoms with Crippen LogP contribution in [0.4, 0.5) is 17.6 Å². The highest BCUT2D eigenvalue weighted by atomic mass is 32.2. The predicted octanol–water partition coefficient (Wildman–Crippen LogP) is 4.39. The van der Waals surface area contributed by atoms with E-state index in [-0.39, 0.29) is 18.7 Å². The Hall–Kier alpha value is -4.08. The van der Waals surface area contributed by atoms with Crippen molar-refractivity contribution in [1.29, 1.82) is 0 Å². The number of H-pyrrole nitrogens is 1. The SMILES string of the molecule is O=C1CC(c2ccc(CC(NS(=O)(=O)c3cccc(C(F)(F)F)c3)c3ncc(-c4cccc(F)c4)[nH]3)cc2)S(=O)(=O)N1. The van der Waals surface area contributed by atoms with Crippen molar-refractivity contribution < 1.29 is 39.2 Å². The Kier molecular flexibility index (Phi) is 7.68. The van der Waals surface area contributed by atoms with E-state index in [4.69, 9.17) is 0 Å². The van der Waals surface area contributed by atoms with E-state index in [1.807, 2.05) is 4.72 Å². The van der Waals surface area contributed by atoms with Crippen LogP contribution in [0.1, 0.15) is 40.2 Å². The fraction of sp³-hybridized carbons (Fsp3) is 0.185. The topological polar surface area (TPSA) is 138 Å². The number of hydrogen-bond donors (Lipinski definition) is 3. The number of imidazole rings is 1. The van der Waals surface area contributed by atoms with Crippen LogP contribution in [-0.4, -0.2) is 32.7 Å². The fourth-order valence-electron chi connectivity index (χ4n) is 4.56. The molecule has 1 aromatic heterocycles. The molecule has 0 saturated carbocycles. The largest absolute Gasteiger partial charge is 0.416 e. The highest BCUT2D eigenvalue weighted by molar-refractivity contribution is 7.90. The van der Waals surface area contributed by atoms with Gasteiger partial charge in [-0.3, -0.25) is 9.52 Å². The van der Waals surface area contributed by atoms with Gasteiger partial charge in [-0.15, -0.1) is 0 Å². The summed E-state index contributed by atoms with van der Waals surface area (Å²) in [5.74, 6) is -1.03. The molecule has 15 heteroatoms. The van der Waals surface area contributed by atoms with Gasteiger partial charge in [0.05, 0.1) is 34.8 Å². The average Bonchev–Trinajstić information content (AvgIpc) is 3.52. The van der Waals surface area contributed by atoms with Gasteiger partial charge in [-0.2, -0.15) is 13.2 Å². The molecule has 3 aromatic carbocycles. The zero-order valence-corrected chi connectivity index (χ0v) is 23.0. The maximum Gasteiger partial charge on any atom is 0.416 e. The molecule has 0 bridgehead atoms. The van der Waals surface area contributed by atoms with Gasteiger partial charge in [-0.05, 0) is 47.9 Å². The monoisotopic (exact) mass is 622 g/mol. The first-order valence-electron chi connectivity index (χ1n) is 12.3. The van der Waals surface area contributed by atoms with Gasteiger partial charge >= 0.3 is 6.18 Å². The van der Waals surface area contributed by atoms with Crippen molar-refractivity contribution in [3.63, 3.8) is 0 Å². The molecule has 1 saturated heterocycles. The van der Waals surface area contributed by atoms with Gasteiger partial charge in [0, 0.05) is 5.56 Å². The Morgan fingerprint density at radius 1 is 1.02 bits per heavy atom. The fourth-order valence-corrected chi connectivity index (χ4v) is 7.23. The number of amides is 1. The van der Waals surface area contributed by atoms with E-state index in [1.165, 1.54) is 36.5 Å². The van der Waals surface area contributed by atoms with E-state index in [2.05, 4.69) is 14.7 Å². The normalized spacial score (nSPS) is 17.6. The van der Waals surface area contributed by atoms with Crippen molar-refractivity contribution in [3.05, 3.63) is 107 Å². The highest BCUT2D eigenvalue weighted by Crippen LogP contribution is 2.32. The van der Waals surface area contributed by atoms with E-state index >= 15 is 0 Å². The van der Waals surface area contributed by atoms with E-state index in [1.54, 1.807) is 18.2 Å². The van der Waals surface area contributed by atoms with Crippen LogP contribution >= 0.6 is 0 Å². The quantitative estimate of drug-likeness (QED) is 0.249. The number of aromatic nitrogens is 2. The smallest absolute Gasteiger partial charge is 0.341 e. The Balaban J connectivity index is 1.47. The van der Waals surface area contributed by atoms with Crippen molar-refractivity contribution >= 4 is 26.0 Å². The van der Waals surface area contributed by atoms with Crippen LogP contribution < -0.4 is 9.44 Å². The van der Waals surface area contributed by atoms with Crippen molar-refractivity contribution in [1.82, 2.24) is 19.4 Å². The number of benzene rings is 3. The number of alkyl halides is 3. The van der Waals surface area contributed by atoms with Crippen LogP contribution in [0.5, 0.6) is 0 Å². The molecule has 1 aliphatic rings. The molecule has 0 aliphatic carbocycles. The standard InChI is InChI=1S/C27H22F4N4O5S2/c28-20-5-1-3-18(12-20)23-15-32-26(33-23)22(34-41(37,38)21-6-2-4-19(13-21)27(29,30)31)11-16-7-9-17(10-8-16)24-14-25(36)35-42(24,39)40/h1-10,12-13,15,22,24,34H,11,14H2,(H,32,33)(H,35,36). The van der Waals surface area contributed by atoms with Crippen LogP contribution in [0, 0.1) is 5.82 Å². The lowest BCUT2D eigenvalue weighted by Gasteiger charge is -2.18. The number of aromatic amines is 1. The summed E-state index contributed by atoms with van der Waals surface area (Å²) < 4.78 is 109. The third kappa shape index (κ3) is 6.37. The lowest BCUT2D eigenvalue weighted by Crippen LogP contribution is -2.31. The number of rotatable bonds is 8. The molecule has 1 amide bonds. The Labute approximate surface area is 238 Å². The van der Waals surface area contributed by atoms with E-state index in [9.17, 15) is 39.2 Å². The Morgan fingerprint density at radius 2 is 1.74 bits per heavy atom. The molecule has 2 heterocycles. The minimum atomic E-state index is -4.76. The first kappa shape index (κ1) is 29.4. The maximum atomic E-state index is 13.8. The second kappa shape index (κ2) is 11.0. The van der Waals surface area contributed by atoms with E-state index < -0.39 is 59.7 Å². The number of carbonyl (C=O) groups excluding carboxylic acids is 1. The first-order chi connectivity index (χ1) is 19.7. The molecule has 9 nitrogen and oxygen atoms in total. The second-order valence-electron chi connectivity index (χ2n) is 9.60. The first-order valence-corrected chi connectivity index (χ1v) is 15.4. The third-order valence-corrected chi connectivity index (χ3v) is 9.79. The molecule has 1 fully saturated rings. The lowest BCUT2D eigenvalue weighted by molar-refractivity contribution is -0.137. The molecule has 42 heavy (non-hydrogen) atoms. The summed E-state index contributed by atoms with van der Waals surface area (Å²) in [7, 11) is -8.39. The lowest BCUT2D eigenvalue weighted by atomic mass is 10.0. The number of nitrogens with zero attached hydrogens (tertiary/aromatic N) is 1. The molecule has 220 valence electrons. The van der Waals surface area contributed by atoms with E-state index in [0.29, 0.717) is 28.5 Å². The van der Waals surface area contributed by atoms with Crippen LogP contribution in [0.15, 0.2) is 83.9 Å². The number of halogens is 4. The summed E-state index contributed by atoms with van der Waals surface area (Å²) >= 11 is 0. The molecule has 2 unspecified atom stereocenters. The third-order valence-electron chi connectivity index (χ3n) is 6.62. The Bertz CT molecular complexity index is 1860. The zero-order chi connectivity index (χ0) is 30.3. The summed E-state index contributed by atoms with van der Waals surface area (Å²) in [6.45, 7) is 0.